The second-order valence-electron chi connectivity index (χ2n) is 6.59. The summed E-state index contributed by atoms with van der Waals surface area (Å²) >= 11 is 1.49. The third-order valence-corrected chi connectivity index (χ3v) is 5.24. The number of hydrogen-bond donors (Lipinski definition) is 1. The van der Waals surface area contributed by atoms with E-state index in [4.69, 9.17) is 4.52 Å². The van der Waals surface area contributed by atoms with E-state index < -0.39 is 0 Å². The molecule has 8 nitrogen and oxygen atoms in total. The summed E-state index contributed by atoms with van der Waals surface area (Å²) in [6.45, 7) is 2.41. The van der Waals surface area contributed by atoms with Crippen molar-refractivity contribution in [2.45, 2.75) is 25.0 Å². The van der Waals surface area contributed by atoms with Gasteiger partial charge in [-0.2, -0.15) is 0 Å². The Labute approximate surface area is 177 Å². The van der Waals surface area contributed by atoms with Gasteiger partial charge >= 0.3 is 0 Å². The van der Waals surface area contributed by atoms with Gasteiger partial charge in [0, 0.05) is 36.2 Å². The topological polar surface area (TPSA) is 98.7 Å². The standard InChI is InChI=1S/C21H20N6O2S/c1-15-12-18(26-29-15)23-19(28)9-11-30-21-25-24-20(17-8-5-10-22-13-17)27(21)14-16-6-3-2-4-7-16/h2-8,10,12-13H,9,11,14H2,1H3,(H,23,26,28). The molecule has 0 aliphatic heterocycles. The minimum Gasteiger partial charge on any atom is -0.360 e. The summed E-state index contributed by atoms with van der Waals surface area (Å²) in [7, 11) is 0. The summed E-state index contributed by atoms with van der Waals surface area (Å²) in [5.74, 6) is 2.25. The van der Waals surface area contributed by atoms with Crippen molar-refractivity contribution in [2.24, 2.45) is 0 Å². The molecule has 152 valence electrons. The molecule has 4 aromatic rings. The molecule has 0 atom stereocenters. The van der Waals surface area contributed by atoms with Crippen molar-refractivity contribution in [3.63, 3.8) is 0 Å². The van der Waals surface area contributed by atoms with Crippen molar-refractivity contribution < 1.29 is 9.32 Å². The number of hydrogen-bond acceptors (Lipinski definition) is 7. The number of carbonyl (C=O) groups excluding carboxylic acids is 1. The molecule has 0 saturated carbocycles. The SMILES string of the molecule is Cc1cc(NC(=O)CCSc2nnc(-c3cccnc3)n2Cc2ccccc2)no1. The molecule has 1 amide bonds. The van der Waals surface area contributed by atoms with Gasteiger partial charge in [0.2, 0.25) is 5.91 Å². The average molecular weight is 420 g/mol. The van der Waals surface area contributed by atoms with Crippen LogP contribution in [-0.2, 0) is 11.3 Å². The summed E-state index contributed by atoms with van der Waals surface area (Å²) in [6, 6.07) is 15.6. The predicted octanol–water partition coefficient (Wildman–Crippen LogP) is 3.81. The summed E-state index contributed by atoms with van der Waals surface area (Å²) in [5.41, 5.74) is 2.04. The molecule has 1 aromatic carbocycles. The minimum absolute atomic E-state index is 0.127. The number of nitrogens with one attached hydrogen (secondary N) is 1. The second-order valence-corrected chi connectivity index (χ2v) is 7.65. The lowest BCUT2D eigenvalue weighted by Gasteiger charge is -2.10. The number of carbonyl (C=O) groups is 1. The Kier molecular flexibility index (Phi) is 6.19. The van der Waals surface area contributed by atoms with Gasteiger partial charge in [0.05, 0.1) is 6.54 Å². The first-order valence-corrected chi connectivity index (χ1v) is 10.4. The molecule has 0 spiro atoms. The molecule has 30 heavy (non-hydrogen) atoms. The lowest BCUT2D eigenvalue weighted by molar-refractivity contribution is -0.115. The molecule has 3 heterocycles. The van der Waals surface area contributed by atoms with Crippen LogP contribution in [0.4, 0.5) is 5.82 Å². The minimum atomic E-state index is -0.127. The van der Waals surface area contributed by atoms with Gasteiger partial charge in [0.25, 0.3) is 0 Å². The third kappa shape index (κ3) is 4.93. The summed E-state index contributed by atoms with van der Waals surface area (Å²) in [4.78, 5) is 16.3. The van der Waals surface area contributed by atoms with Gasteiger partial charge in [0.1, 0.15) is 5.76 Å². The van der Waals surface area contributed by atoms with E-state index in [1.54, 1.807) is 25.4 Å². The van der Waals surface area contributed by atoms with E-state index in [0.717, 1.165) is 22.1 Å². The fourth-order valence-electron chi connectivity index (χ4n) is 2.88. The number of aryl methyl sites for hydroxylation is 1. The van der Waals surface area contributed by atoms with Crippen LogP contribution in [-0.4, -0.2) is 36.6 Å². The highest BCUT2D eigenvalue weighted by atomic mass is 32.2. The number of anilines is 1. The second kappa shape index (κ2) is 9.36. The summed E-state index contributed by atoms with van der Waals surface area (Å²) in [6.07, 6.45) is 3.82. The number of rotatable bonds is 8. The number of pyridine rings is 1. The van der Waals surface area contributed by atoms with E-state index in [0.29, 0.717) is 30.3 Å². The first-order chi connectivity index (χ1) is 14.7. The Morgan fingerprint density at radius 2 is 2.03 bits per heavy atom. The van der Waals surface area contributed by atoms with Crippen molar-refractivity contribution in [3.8, 4) is 11.4 Å². The van der Waals surface area contributed by atoms with Crippen molar-refractivity contribution in [1.29, 1.82) is 0 Å². The van der Waals surface area contributed by atoms with Crippen LogP contribution in [0, 0.1) is 6.92 Å². The van der Waals surface area contributed by atoms with Crippen molar-refractivity contribution in [1.82, 2.24) is 24.9 Å². The van der Waals surface area contributed by atoms with E-state index in [-0.39, 0.29) is 5.91 Å². The van der Waals surface area contributed by atoms with E-state index in [9.17, 15) is 4.79 Å². The molecular formula is C21H20N6O2S. The van der Waals surface area contributed by atoms with Crippen LogP contribution in [0.15, 0.2) is 70.6 Å². The van der Waals surface area contributed by atoms with Crippen LogP contribution in [0.2, 0.25) is 0 Å². The van der Waals surface area contributed by atoms with Crippen molar-refractivity contribution >= 4 is 23.5 Å². The van der Waals surface area contributed by atoms with E-state index in [1.165, 1.54) is 11.8 Å². The molecule has 0 bridgehead atoms. The Balaban J connectivity index is 1.47. The largest absolute Gasteiger partial charge is 0.360 e. The smallest absolute Gasteiger partial charge is 0.226 e. The zero-order valence-corrected chi connectivity index (χ0v) is 17.2. The molecule has 4 rings (SSSR count). The molecule has 0 unspecified atom stereocenters. The predicted molar refractivity (Wildman–Crippen MR) is 114 cm³/mol. The highest BCUT2D eigenvalue weighted by Gasteiger charge is 2.16. The average Bonchev–Trinajstić information content (AvgIpc) is 3.35. The molecule has 0 fully saturated rings. The zero-order chi connectivity index (χ0) is 20.8. The molecule has 0 aliphatic carbocycles. The number of aromatic nitrogens is 5. The van der Waals surface area contributed by atoms with Crippen LogP contribution in [0.25, 0.3) is 11.4 Å². The van der Waals surface area contributed by atoms with Crippen LogP contribution in [0.3, 0.4) is 0 Å². The lowest BCUT2D eigenvalue weighted by atomic mass is 10.2. The maximum absolute atomic E-state index is 12.2. The molecular weight excluding hydrogens is 400 g/mol. The monoisotopic (exact) mass is 420 g/mol. The Morgan fingerprint density at radius 3 is 2.77 bits per heavy atom. The van der Waals surface area contributed by atoms with Gasteiger partial charge in [-0.25, -0.2) is 0 Å². The van der Waals surface area contributed by atoms with Crippen LogP contribution < -0.4 is 5.32 Å². The highest BCUT2D eigenvalue weighted by molar-refractivity contribution is 7.99. The maximum Gasteiger partial charge on any atom is 0.226 e. The first-order valence-electron chi connectivity index (χ1n) is 9.42. The summed E-state index contributed by atoms with van der Waals surface area (Å²) < 4.78 is 7.01. The Hall–Kier alpha value is -3.46. The number of thioether (sulfide) groups is 1. The molecule has 9 heteroatoms. The van der Waals surface area contributed by atoms with E-state index >= 15 is 0 Å². The van der Waals surface area contributed by atoms with E-state index in [2.05, 4.69) is 42.4 Å². The Bertz CT molecular complexity index is 1110. The fraction of sp³-hybridized carbons (Fsp3) is 0.190. The molecule has 0 radical (unpaired) electrons. The van der Waals surface area contributed by atoms with Gasteiger partial charge in [0.15, 0.2) is 16.8 Å². The normalized spacial score (nSPS) is 10.8. The molecule has 0 aliphatic rings. The van der Waals surface area contributed by atoms with Gasteiger partial charge < -0.3 is 9.84 Å². The van der Waals surface area contributed by atoms with Gasteiger partial charge in [-0.3, -0.25) is 14.3 Å². The number of benzene rings is 1. The van der Waals surface area contributed by atoms with Gasteiger partial charge in [-0.1, -0.05) is 47.3 Å². The first kappa shape index (κ1) is 19.8. The van der Waals surface area contributed by atoms with Crippen LogP contribution >= 0.6 is 11.8 Å². The molecule has 3 aromatic heterocycles. The quantitative estimate of drug-likeness (QED) is 0.433. The summed E-state index contributed by atoms with van der Waals surface area (Å²) in [5, 5.41) is 16.0. The Morgan fingerprint density at radius 1 is 1.17 bits per heavy atom. The van der Waals surface area contributed by atoms with E-state index in [1.807, 2.05) is 30.3 Å². The van der Waals surface area contributed by atoms with Crippen molar-refractivity contribution in [2.75, 3.05) is 11.1 Å². The van der Waals surface area contributed by atoms with Crippen LogP contribution in [0.1, 0.15) is 17.7 Å². The highest BCUT2D eigenvalue weighted by Crippen LogP contribution is 2.25. The maximum atomic E-state index is 12.2. The van der Waals surface area contributed by atoms with Gasteiger partial charge in [-0.15, -0.1) is 10.2 Å². The lowest BCUT2D eigenvalue weighted by Crippen LogP contribution is -2.12. The number of nitrogens with zero attached hydrogens (tertiary/aromatic N) is 5. The fourth-order valence-corrected chi connectivity index (χ4v) is 3.75. The third-order valence-electron chi connectivity index (χ3n) is 4.28. The van der Waals surface area contributed by atoms with Crippen LogP contribution in [0.5, 0.6) is 0 Å². The molecule has 1 N–H and O–H groups in total. The van der Waals surface area contributed by atoms with Gasteiger partial charge in [-0.05, 0) is 24.6 Å². The molecule has 0 saturated heterocycles. The zero-order valence-electron chi connectivity index (χ0n) is 16.4. The number of amides is 1. The van der Waals surface area contributed by atoms with Crippen molar-refractivity contribution in [3.05, 3.63) is 72.2 Å².